The summed E-state index contributed by atoms with van der Waals surface area (Å²) < 4.78 is 36.8. The number of hydrogen-bond acceptors (Lipinski definition) is 1. The van der Waals surface area contributed by atoms with Crippen LogP contribution in [-0.2, 0) is 4.79 Å². The van der Waals surface area contributed by atoms with E-state index in [1.807, 2.05) is 14.1 Å². The topological polar surface area (TPSA) is 20.3 Å². The normalized spacial score (nSPS) is 22.2. The van der Waals surface area contributed by atoms with Gasteiger partial charge >= 0.3 is 12.1 Å². The van der Waals surface area contributed by atoms with Gasteiger partial charge in [-0.15, -0.1) is 0 Å². The van der Waals surface area contributed by atoms with Crippen LogP contribution in [-0.4, -0.2) is 61.7 Å². The lowest BCUT2D eigenvalue weighted by Gasteiger charge is -2.39. The van der Waals surface area contributed by atoms with Crippen molar-refractivity contribution in [1.82, 2.24) is 4.90 Å². The number of carbonyl (C=O) groups excluding carboxylic acids is 1. The minimum Gasteiger partial charge on any atom is -0.326 e. The van der Waals surface area contributed by atoms with E-state index < -0.39 is 12.1 Å². The zero-order chi connectivity index (χ0) is 11.0. The van der Waals surface area contributed by atoms with Crippen molar-refractivity contribution in [3.8, 4) is 0 Å². The van der Waals surface area contributed by atoms with E-state index in [9.17, 15) is 18.0 Å². The monoisotopic (exact) mass is 211 g/mol. The number of piperazine rings is 1. The summed E-state index contributed by atoms with van der Waals surface area (Å²) in [6.07, 6.45) is -4.73. The number of hydrogen-bond donors (Lipinski definition) is 0. The third kappa shape index (κ3) is 2.60. The van der Waals surface area contributed by atoms with Gasteiger partial charge < -0.3 is 9.38 Å². The second kappa shape index (κ2) is 3.42. The molecule has 6 heteroatoms. The fourth-order valence-corrected chi connectivity index (χ4v) is 1.39. The Bertz CT molecular complexity index is 227. The fourth-order valence-electron chi connectivity index (χ4n) is 1.39. The van der Waals surface area contributed by atoms with E-state index >= 15 is 0 Å². The molecule has 0 atom stereocenters. The van der Waals surface area contributed by atoms with Gasteiger partial charge in [-0.25, -0.2) is 0 Å². The third-order valence-electron chi connectivity index (χ3n) is 2.48. The second-order valence-corrected chi connectivity index (χ2v) is 4.17. The van der Waals surface area contributed by atoms with E-state index in [1.54, 1.807) is 0 Å². The maximum atomic E-state index is 12.0. The van der Waals surface area contributed by atoms with Crippen LogP contribution in [0.4, 0.5) is 13.2 Å². The number of amides is 1. The molecule has 3 nitrogen and oxygen atoms in total. The van der Waals surface area contributed by atoms with Gasteiger partial charge in [0.15, 0.2) is 0 Å². The Morgan fingerprint density at radius 2 is 1.64 bits per heavy atom. The van der Waals surface area contributed by atoms with Crippen molar-refractivity contribution < 1.29 is 22.4 Å². The maximum absolute atomic E-state index is 12.0. The molecule has 0 unspecified atom stereocenters. The Labute approximate surface area is 80.7 Å². The molecule has 1 aliphatic heterocycles. The van der Waals surface area contributed by atoms with E-state index in [4.69, 9.17) is 0 Å². The lowest BCUT2D eigenvalue weighted by molar-refractivity contribution is -0.894. The van der Waals surface area contributed by atoms with Crippen LogP contribution in [0.2, 0.25) is 0 Å². The van der Waals surface area contributed by atoms with Gasteiger partial charge in [-0.1, -0.05) is 0 Å². The van der Waals surface area contributed by atoms with Gasteiger partial charge in [-0.05, 0) is 0 Å². The molecule has 0 N–H and O–H groups in total. The lowest BCUT2D eigenvalue weighted by Crippen LogP contribution is -2.58. The third-order valence-corrected chi connectivity index (χ3v) is 2.48. The van der Waals surface area contributed by atoms with Crippen LogP contribution in [0.25, 0.3) is 0 Å². The molecule has 0 aromatic rings. The average molecular weight is 211 g/mol. The summed E-state index contributed by atoms with van der Waals surface area (Å²) in [4.78, 5) is 11.7. The lowest BCUT2D eigenvalue weighted by atomic mass is 10.3. The van der Waals surface area contributed by atoms with E-state index in [0.717, 1.165) is 4.90 Å². The van der Waals surface area contributed by atoms with Crippen molar-refractivity contribution in [1.29, 1.82) is 0 Å². The molecule has 1 aliphatic rings. The highest BCUT2D eigenvalue weighted by Gasteiger charge is 2.44. The number of alkyl halides is 3. The summed E-state index contributed by atoms with van der Waals surface area (Å²) >= 11 is 0. The van der Waals surface area contributed by atoms with Gasteiger partial charge in [0.25, 0.3) is 0 Å². The van der Waals surface area contributed by atoms with Crippen molar-refractivity contribution in [2.75, 3.05) is 40.3 Å². The molecule has 0 aromatic carbocycles. The quantitative estimate of drug-likeness (QED) is 0.533. The molecule has 1 fully saturated rings. The number of quaternary nitrogens is 1. The summed E-state index contributed by atoms with van der Waals surface area (Å²) in [5.41, 5.74) is 0. The number of halogens is 3. The average Bonchev–Trinajstić information content (AvgIpc) is 2.01. The van der Waals surface area contributed by atoms with Crippen LogP contribution in [0.5, 0.6) is 0 Å². The Hall–Kier alpha value is -0.780. The van der Waals surface area contributed by atoms with E-state index in [-0.39, 0.29) is 13.1 Å². The maximum Gasteiger partial charge on any atom is 0.471 e. The first-order valence-corrected chi connectivity index (χ1v) is 4.40. The molecular formula is C8H14F3N2O+. The molecular weight excluding hydrogens is 197 g/mol. The number of nitrogens with zero attached hydrogens (tertiary/aromatic N) is 2. The minimum absolute atomic E-state index is 0.186. The second-order valence-electron chi connectivity index (χ2n) is 4.17. The van der Waals surface area contributed by atoms with Gasteiger partial charge in [-0.3, -0.25) is 4.79 Å². The highest BCUT2D eigenvalue weighted by Crippen LogP contribution is 2.20. The van der Waals surface area contributed by atoms with Crippen LogP contribution in [0.15, 0.2) is 0 Å². The van der Waals surface area contributed by atoms with Gasteiger partial charge in [0.05, 0.1) is 40.3 Å². The zero-order valence-electron chi connectivity index (χ0n) is 8.26. The first-order chi connectivity index (χ1) is 6.22. The van der Waals surface area contributed by atoms with Crippen molar-refractivity contribution in [2.45, 2.75) is 6.18 Å². The van der Waals surface area contributed by atoms with E-state index in [2.05, 4.69) is 0 Å². The first kappa shape index (κ1) is 11.3. The predicted octanol–water partition coefficient (Wildman–Crippen LogP) is 0.467. The fraction of sp³-hybridized carbons (Fsp3) is 0.875. The van der Waals surface area contributed by atoms with E-state index in [0.29, 0.717) is 17.6 Å². The summed E-state index contributed by atoms with van der Waals surface area (Å²) in [7, 11) is 3.88. The van der Waals surface area contributed by atoms with E-state index in [1.165, 1.54) is 0 Å². The molecule has 82 valence electrons. The van der Waals surface area contributed by atoms with Gasteiger partial charge in [0, 0.05) is 0 Å². The smallest absolute Gasteiger partial charge is 0.326 e. The summed E-state index contributed by atoms with van der Waals surface area (Å²) in [5.74, 6) is -1.71. The Morgan fingerprint density at radius 3 is 2.00 bits per heavy atom. The van der Waals surface area contributed by atoms with Gasteiger partial charge in [0.2, 0.25) is 0 Å². The molecule has 0 saturated carbocycles. The Morgan fingerprint density at radius 1 is 1.21 bits per heavy atom. The highest BCUT2D eigenvalue weighted by atomic mass is 19.4. The molecule has 1 heterocycles. The molecule has 1 saturated heterocycles. The molecule has 0 bridgehead atoms. The summed E-state index contributed by atoms with van der Waals surface area (Å²) in [5, 5.41) is 0. The Balaban J connectivity index is 2.55. The van der Waals surface area contributed by atoms with Crippen LogP contribution in [0.3, 0.4) is 0 Å². The van der Waals surface area contributed by atoms with Crippen molar-refractivity contribution in [2.24, 2.45) is 0 Å². The first-order valence-electron chi connectivity index (χ1n) is 4.40. The standard InChI is InChI=1S/C8H14F3N2O/c1-13(2)5-3-12(4-6-13)7(14)8(9,10)11/h3-6H2,1-2H3/q+1. The van der Waals surface area contributed by atoms with Crippen molar-refractivity contribution >= 4 is 5.91 Å². The molecule has 0 radical (unpaired) electrons. The van der Waals surface area contributed by atoms with Crippen LogP contribution >= 0.6 is 0 Å². The largest absolute Gasteiger partial charge is 0.471 e. The number of rotatable bonds is 0. The van der Waals surface area contributed by atoms with Crippen LogP contribution in [0.1, 0.15) is 0 Å². The summed E-state index contributed by atoms with van der Waals surface area (Å²) in [6.45, 7) is 1.51. The SMILES string of the molecule is C[N+]1(C)CCN(C(=O)C(F)(F)F)CC1. The van der Waals surface area contributed by atoms with Crippen LogP contribution in [0, 0.1) is 0 Å². The van der Waals surface area contributed by atoms with Crippen LogP contribution < -0.4 is 0 Å². The molecule has 14 heavy (non-hydrogen) atoms. The molecule has 1 amide bonds. The highest BCUT2D eigenvalue weighted by molar-refractivity contribution is 5.81. The zero-order valence-corrected chi connectivity index (χ0v) is 8.26. The van der Waals surface area contributed by atoms with Gasteiger partial charge in [0.1, 0.15) is 0 Å². The van der Waals surface area contributed by atoms with Crippen molar-refractivity contribution in [3.05, 3.63) is 0 Å². The number of carbonyl (C=O) groups is 1. The van der Waals surface area contributed by atoms with Crippen molar-refractivity contribution in [3.63, 3.8) is 0 Å². The Kier molecular flexibility index (Phi) is 2.76. The minimum atomic E-state index is -4.73. The summed E-state index contributed by atoms with van der Waals surface area (Å²) in [6, 6.07) is 0. The molecule has 1 rings (SSSR count). The molecule has 0 spiro atoms. The van der Waals surface area contributed by atoms with Gasteiger partial charge in [-0.2, -0.15) is 13.2 Å². The molecule has 0 aromatic heterocycles. The number of likely N-dealkylation sites (N-methyl/N-ethyl adjacent to an activating group) is 1. The molecule has 0 aliphatic carbocycles. The predicted molar refractivity (Wildman–Crippen MR) is 44.5 cm³/mol.